The Morgan fingerprint density at radius 1 is 1.17 bits per heavy atom. The van der Waals surface area contributed by atoms with Crippen LogP contribution in [0.3, 0.4) is 0 Å². The highest BCUT2D eigenvalue weighted by molar-refractivity contribution is 5.98. The van der Waals surface area contributed by atoms with Crippen LogP contribution in [-0.2, 0) is 6.42 Å². The molecule has 124 valence electrons. The molecule has 0 radical (unpaired) electrons. The number of amides is 1. The van der Waals surface area contributed by atoms with Gasteiger partial charge in [0, 0.05) is 12.1 Å². The van der Waals surface area contributed by atoms with Crippen molar-refractivity contribution in [3.05, 3.63) is 35.7 Å². The molecule has 0 unspecified atom stereocenters. The van der Waals surface area contributed by atoms with Crippen molar-refractivity contribution in [3.63, 3.8) is 0 Å². The predicted octanol–water partition coefficient (Wildman–Crippen LogP) is 2.06. The van der Waals surface area contributed by atoms with Crippen molar-refractivity contribution >= 4 is 5.91 Å². The summed E-state index contributed by atoms with van der Waals surface area (Å²) in [5, 5.41) is 6.50. The van der Waals surface area contributed by atoms with Crippen LogP contribution in [0.5, 0.6) is 17.2 Å². The third kappa shape index (κ3) is 3.94. The van der Waals surface area contributed by atoms with E-state index in [4.69, 9.17) is 18.7 Å². The van der Waals surface area contributed by atoms with Gasteiger partial charge in [-0.2, -0.15) is 0 Å². The molecule has 1 aromatic carbocycles. The Bertz CT molecular complexity index is 640. The molecule has 0 saturated carbocycles. The quantitative estimate of drug-likeness (QED) is 0.750. The third-order valence-corrected chi connectivity index (χ3v) is 3.36. The summed E-state index contributed by atoms with van der Waals surface area (Å²) in [5.74, 6) is 1.02. The molecular weight excluding hydrogens is 300 g/mol. The first-order valence-corrected chi connectivity index (χ1v) is 7.16. The molecule has 2 rings (SSSR count). The number of rotatable bonds is 8. The SMILES string of the molecule is COc1ccc(C(=O)NCCCc2cnoc2)c(OC)c1OC. The molecular formula is C16H20N2O5. The smallest absolute Gasteiger partial charge is 0.255 e. The van der Waals surface area contributed by atoms with E-state index in [0.717, 1.165) is 18.4 Å². The average molecular weight is 320 g/mol. The molecule has 1 heterocycles. The third-order valence-electron chi connectivity index (χ3n) is 3.36. The minimum absolute atomic E-state index is 0.229. The average Bonchev–Trinajstić information content (AvgIpc) is 3.10. The first kappa shape index (κ1) is 16.7. The van der Waals surface area contributed by atoms with Gasteiger partial charge in [0.2, 0.25) is 5.75 Å². The van der Waals surface area contributed by atoms with Gasteiger partial charge in [-0.1, -0.05) is 5.16 Å². The Balaban J connectivity index is 2.01. The molecule has 23 heavy (non-hydrogen) atoms. The minimum atomic E-state index is -0.229. The Kier molecular flexibility index (Phi) is 5.85. The highest BCUT2D eigenvalue weighted by Crippen LogP contribution is 2.39. The largest absolute Gasteiger partial charge is 0.493 e. The number of nitrogens with zero attached hydrogens (tertiary/aromatic N) is 1. The van der Waals surface area contributed by atoms with Crippen molar-refractivity contribution in [1.29, 1.82) is 0 Å². The first-order valence-electron chi connectivity index (χ1n) is 7.16. The summed E-state index contributed by atoms with van der Waals surface area (Å²) in [6.07, 6.45) is 4.83. The summed E-state index contributed by atoms with van der Waals surface area (Å²) >= 11 is 0. The number of methoxy groups -OCH3 is 3. The highest BCUT2D eigenvalue weighted by atomic mass is 16.5. The molecule has 1 N–H and O–H groups in total. The van der Waals surface area contributed by atoms with E-state index in [1.165, 1.54) is 21.3 Å². The number of nitrogens with one attached hydrogen (secondary N) is 1. The second-order valence-electron chi connectivity index (χ2n) is 4.77. The van der Waals surface area contributed by atoms with Crippen LogP contribution in [-0.4, -0.2) is 38.9 Å². The van der Waals surface area contributed by atoms with E-state index in [-0.39, 0.29) is 5.91 Å². The summed E-state index contributed by atoms with van der Waals surface area (Å²) in [6, 6.07) is 3.32. The molecule has 0 aliphatic heterocycles. The van der Waals surface area contributed by atoms with Crippen molar-refractivity contribution in [2.75, 3.05) is 27.9 Å². The number of hydrogen-bond acceptors (Lipinski definition) is 6. The number of ether oxygens (including phenoxy) is 3. The van der Waals surface area contributed by atoms with E-state index in [1.807, 2.05) is 0 Å². The van der Waals surface area contributed by atoms with Crippen molar-refractivity contribution in [3.8, 4) is 17.2 Å². The van der Waals surface area contributed by atoms with Crippen molar-refractivity contribution in [2.24, 2.45) is 0 Å². The van der Waals surface area contributed by atoms with Crippen LogP contribution >= 0.6 is 0 Å². The molecule has 7 heteroatoms. The molecule has 0 aliphatic rings. The zero-order valence-corrected chi connectivity index (χ0v) is 13.4. The molecule has 0 bridgehead atoms. The van der Waals surface area contributed by atoms with E-state index in [1.54, 1.807) is 24.6 Å². The van der Waals surface area contributed by atoms with Crippen LogP contribution in [0, 0.1) is 0 Å². The van der Waals surface area contributed by atoms with Gasteiger partial charge in [0.1, 0.15) is 6.26 Å². The number of aromatic nitrogens is 1. The molecule has 1 aromatic heterocycles. The lowest BCUT2D eigenvalue weighted by atomic mass is 10.1. The van der Waals surface area contributed by atoms with E-state index >= 15 is 0 Å². The fourth-order valence-electron chi connectivity index (χ4n) is 2.22. The topological polar surface area (TPSA) is 82.8 Å². The normalized spacial score (nSPS) is 10.2. The standard InChI is InChI=1S/C16H20N2O5/c1-20-13-7-6-12(14(21-2)15(13)22-3)16(19)17-8-4-5-11-9-18-23-10-11/h6-7,9-10H,4-5,8H2,1-3H3,(H,17,19). The van der Waals surface area contributed by atoms with Crippen LogP contribution in [0.25, 0.3) is 0 Å². The minimum Gasteiger partial charge on any atom is -0.493 e. The monoisotopic (exact) mass is 320 g/mol. The number of carbonyl (C=O) groups excluding carboxylic acids is 1. The maximum absolute atomic E-state index is 12.3. The van der Waals surface area contributed by atoms with Gasteiger partial charge < -0.3 is 24.1 Å². The zero-order valence-electron chi connectivity index (χ0n) is 13.4. The lowest BCUT2D eigenvalue weighted by Crippen LogP contribution is -2.25. The van der Waals surface area contributed by atoms with Crippen LogP contribution < -0.4 is 19.5 Å². The van der Waals surface area contributed by atoms with Crippen molar-refractivity contribution < 1.29 is 23.5 Å². The van der Waals surface area contributed by atoms with E-state index < -0.39 is 0 Å². The summed E-state index contributed by atoms with van der Waals surface area (Å²) in [6.45, 7) is 0.529. The van der Waals surface area contributed by atoms with E-state index in [9.17, 15) is 4.79 Å². The lowest BCUT2D eigenvalue weighted by molar-refractivity contribution is 0.0949. The summed E-state index contributed by atoms with van der Waals surface area (Å²) in [7, 11) is 4.52. The second-order valence-corrected chi connectivity index (χ2v) is 4.77. The van der Waals surface area contributed by atoms with Crippen molar-refractivity contribution in [2.45, 2.75) is 12.8 Å². The van der Waals surface area contributed by atoms with Gasteiger partial charge >= 0.3 is 0 Å². The fourth-order valence-corrected chi connectivity index (χ4v) is 2.22. The summed E-state index contributed by atoms with van der Waals surface area (Å²) in [5.41, 5.74) is 1.40. The van der Waals surface area contributed by atoms with Gasteiger partial charge in [0.15, 0.2) is 11.5 Å². The molecule has 0 fully saturated rings. The fraction of sp³-hybridized carbons (Fsp3) is 0.375. The van der Waals surface area contributed by atoms with E-state index in [2.05, 4.69) is 10.5 Å². The van der Waals surface area contributed by atoms with E-state index in [0.29, 0.717) is 29.4 Å². The number of hydrogen-bond donors (Lipinski definition) is 1. The second kappa shape index (κ2) is 8.07. The molecule has 0 spiro atoms. The number of aryl methyl sites for hydroxylation is 1. The van der Waals surface area contributed by atoms with Gasteiger partial charge in [-0.25, -0.2) is 0 Å². The Labute approximate surface area is 134 Å². The Hall–Kier alpha value is -2.70. The predicted molar refractivity (Wildman–Crippen MR) is 83.3 cm³/mol. The molecule has 0 atom stereocenters. The highest BCUT2D eigenvalue weighted by Gasteiger charge is 2.20. The first-order chi connectivity index (χ1) is 11.2. The molecule has 7 nitrogen and oxygen atoms in total. The molecule has 0 aliphatic carbocycles. The maximum atomic E-state index is 12.3. The van der Waals surface area contributed by atoms with Gasteiger partial charge in [-0.15, -0.1) is 0 Å². The maximum Gasteiger partial charge on any atom is 0.255 e. The van der Waals surface area contributed by atoms with Gasteiger partial charge in [0.05, 0.1) is 33.1 Å². The van der Waals surface area contributed by atoms with Crippen LogP contribution in [0.4, 0.5) is 0 Å². The number of carbonyl (C=O) groups is 1. The summed E-state index contributed by atoms with van der Waals surface area (Å²) in [4.78, 5) is 12.3. The van der Waals surface area contributed by atoms with Crippen LogP contribution in [0.15, 0.2) is 29.1 Å². The lowest BCUT2D eigenvalue weighted by Gasteiger charge is -2.15. The van der Waals surface area contributed by atoms with Gasteiger partial charge in [-0.3, -0.25) is 4.79 Å². The number of benzene rings is 1. The molecule has 1 amide bonds. The zero-order chi connectivity index (χ0) is 16.7. The van der Waals surface area contributed by atoms with Gasteiger partial charge in [-0.05, 0) is 25.0 Å². The summed E-state index contributed by atoms with van der Waals surface area (Å²) < 4.78 is 20.5. The molecule has 0 saturated heterocycles. The van der Waals surface area contributed by atoms with Gasteiger partial charge in [0.25, 0.3) is 5.91 Å². The molecule has 2 aromatic rings. The van der Waals surface area contributed by atoms with Crippen LogP contribution in [0.1, 0.15) is 22.3 Å². The Morgan fingerprint density at radius 3 is 2.57 bits per heavy atom. The van der Waals surface area contributed by atoms with Crippen molar-refractivity contribution in [1.82, 2.24) is 10.5 Å². The Morgan fingerprint density at radius 2 is 1.96 bits per heavy atom. The van der Waals surface area contributed by atoms with Crippen LogP contribution in [0.2, 0.25) is 0 Å².